The molecule has 0 aliphatic carbocycles. The molecule has 0 heterocycles. The van der Waals surface area contributed by atoms with Crippen LogP contribution in [-0.2, 0) is 9.53 Å². The Morgan fingerprint density at radius 2 is 1.44 bits per heavy atom. The number of hydrogen-bond acceptors (Lipinski definition) is 5. The summed E-state index contributed by atoms with van der Waals surface area (Å²) in [5.41, 5.74) is 0. The maximum atomic E-state index is 11.1. The molecule has 16 heavy (non-hydrogen) atoms. The van der Waals surface area contributed by atoms with Gasteiger partial charge in [-0.3, -0.25) is 7.32 Å². The first-order valence-electron chi connectivity index (χ1n) is 2.58. The Bertz CT molecular complexity index is 176. The van der Waals surface area contributed by atoms with Crippen molar-refractivity contribution in [3.8, 4) is 0 Å². The Morgan fingerprint density at radius 3 is 1.50 bits per heavy atom. The van der Waals surface area contributed by atoms with Gasteiger partial charge >= 0.3 is 166 Å². The summed E-state index contributed by atoms with van der Waals surface area (Å²) in [6, 6.07) is 0. The molecule has 5 nitrogen and oxygen atoms in total. The molecule has 0 aromatic rings. The van der Waals surface area contributed by atoms with Crippen LogP contribution in [0.15, 0.2) is 12.8 Å². The van der Waals surface area contributed by atoms with Crippen LogP contribution >= 0.6 is 0 Å². The molecule has 0 bridgehead atoms. The van der Waals surface area contributed by atoms with Crippen LogP contribution in [0.3, 0.4) is 0 Å². The molecule has 76 valence electrons. The zero-order valence-corrected chi connectivity index (χ0v) is 18.4. The molecule has 0 spiro atoms. The summed E-state index contributed by atoms with van der Waals surface area (Å²) >= 11 is 0. The number of halogens is 3. The van der Waals surface area contributed by atoms with Crippen LogP contribution in [0.1, 0.15) is 0 Å². The third kappa shape index (κ3) is 30.7. The molecular weight excluding hydrogens is 313 g/mol. The van der Waals surface area contributed by atoms with Crippen molar-refractivity contribution < 1.29 is 192 Å². The Hall–Kier alpha value is 3.85. The first-order valence-corrected chi connectivity index (χ1v) is 2.58. The number of carbonyl (C=O) groups is 1. The number of rotatable bonds is 1. The summed E-state index contributed by atoms with van der Waals surface area (Å²) in [5.74, 6) is -2.25. The van der Waals surface area contributed by atoms with Gasteiger partial charge in [0.05, 0.1) is 6.26 Å². The molecule has 0 saturated carbocycles. The quantitative estimate of drug-likeness (QED) is 0.272. The maximum absolute atomic E-state index is 11.1. The maximum Gasteiger partial charge on any atom is 1.00 e. The number of esters is 1. The van der Waals surface area contributed by atoms with Crippen LogP contribution in [0.4, 0.5) is 13.2 Å². The van der Waals surface area contributed by atoms with Gasteiger partial charge in [0.15, 0.2) is 0 Å². The standard InChI is InChI=1S/C4H3F3O2.BO3.3K/c1-2-9-3(8)4(5,6)7;2-1(3)4;;;/h2H,1H2;;;;/q;-3;3*+1. The van der Waals surface area contributed by atoms with Crippen LogP contribution in [-0.4, -0.2) is 19.5 Å². The van der Waals surface area contributed by atoms with Crippen molar-refractivity contribution >= 4 is 13.3 Å². The second-order valence-electron chi connectivity index (χ2n) is 1.36. The molecule has 0 amide bonds. The van der Waals surface area contributed by atoms with Gasteiger partial charge in [-0.1, -0.05) is 6.58 Å². The van der Waals surface area contributed by atoms with Gasteiger partial charge in [-0.15, -0.1) is 0 Å². The van der Waals surface area contributed by atoms with Gasteiger partial charge in [0.2, 0.25) is 0 Å². The van der Waals surface area contributed by atoms with Crippen molar-refractivity contribution in [1.82, 2.24) is 0 Å². The van der Waals surface area contributed by atoms with E-state index in [1.54, 1.807) is 0 Å². The fourth-order valence-corrected chi connectivity index (χ4v) is 0.143. The fraction of sp³-hybridized carbons (Fsp3) is 0.250. The Kier molecular flexibility index (Phi) is 37.7. The number of ether oxygens (including phenoxy) is 1. The van der Waals surface area contributed by atoms with E-state index in [1.165, 1.54) is 0 Å². The normalized spacial score (nSPS) is 7.62. The van der Waals surface area contributed by atoms with Crippen molar-refractivity contribution in [2.24, 2.45) is 0 Å². The number of carbonyl (C=O) groups excluding carboxylic acids is 1. The first kappa shape index (κ1) is 32.0. The SMILES string of the molecule is C=COC(=O)C(F)(F)F.[K+].[K+].[K+].[O-]B([O-])[O-]. The third-order valence-corrected chi connectivity index (χ3v) is 0.422. The topological polar surface area (TPSA) is 95.5 Å². The summed E-state index contributed by atoms with van der Waals surface area (Å²) in [7, 11) is -2.92. The van der Waals surface area contributed by atoms with Gasteiger partial charge < -0.3 is 19.8 Å². The van der Waals surface area contributed by atoms with E-state index in [1.807, 2.05) is 0 Å². The summed E-state index contributed by atoms with van der Waals surface area (Å²) in [6.07, 6.45) is -4.50. The average molecular weight is 316 g/mol. The van der Waals surface area contributed by atoms with E-state index < -0.39 is 19.5 Å². The van der Waals surface area contributed by atoms with E-state index in [9.17, 15) is 18.0 Å². The molecule has 0 aliphatic rings. The molecule has 12 heteroatoms. The van der Waals surface area contributed by atoms with Crippen LogP contribution in [0.25, 0.3) is 0 Å². The zero-order valence-electron chi connectivity index (χ0n) is 9.04. The second kappa shape index (κ2) is 18.9. The summed E-state index contributed by atoms with van der Waals surface area (Å²) in [5, 5.41) is 25.2. The monoisotopic (exact) mass is 316 g/mol. The minimum Gasteiger partial charge on any atom is -0.907 e. The molecule has 0 unspecified atom stereocenters. The van der Waals surface area contributed by atoms with Gasteiger partial charge in [-0.2, -0.15) is 13.2 Å². The van der Waals surface area contributed by atoms with Crippen molar-refractivity contribution in [2.45, 2.75) is 6.18 Å². The summed E-state index contributed by atoms with van der Waals surface area (Å²) in [6.45, 7) is 2.77. The predicted octanol–water partition coefficient (Wildman–Crippen LogP) is -11.7. The molecule has 0 rings (SSSR count). The second-order valence-corrected chi connectivity index (χ2v) is 1.36. The summed E-state index contributed by atoms with van der Waals surface area (Å²) in [4.78, 5) is 9.65. The number of alkyl halides is 3. The molecule has 0 aliphatic heterocycles. The van der Waals surface area contributed by atoms with Crippen molar-refractivity contribution in [2.75, 3.05) is 0 Å². The van der Waals surface area contributed by atoms with Crippen LogP contribution in [0, 0.1) is 0 Å². The van der Waals surface area contributed by atoms with E-state index >= 15 is 0 Å². The van der Waals surface area contributed by atoms with Crippen LogP contribution in [0.5, 0.6) is 0 Å². The smallest absolute Gasteiger partial charge is 0.907 e. The molecule has 0 aromatic heterocycles. The fourth-order valence-electron chi connectivity index (χ4n) is 0.143. The molecule has 0 N–H and O–H groups in total. The van der Waals surface area contributed by atoms with Gasteiger partial charge in [0, 0.05) is 0 Å². The van der Waals surface area contributed by atoms with E-state index in [-0.39, 0.29) is 154 Å². The van der Waals surface area contributed by atoms with Gasteiger partial charge in [-0.25, -0.2) is 4.79 Å². The minimum atomic E-state index is -4.92. The van der Waals surface area contributed by atoms with Gasteiger partial charge in [-0.05, 0) is 0 Å². The van der Waals surface area contributed by atoms with E-state index in [0.29, 0.717) is 6.26 Å². The molecule has 0 radical (unpaired) electrons. The Labute approximate surface area is 218 Å². The first-order chi connectivity index (χ1) is 5.71. The zero-order chi connectivity index (χ0) is 11.1. The van der Waals surface area contributed by atoms with E-state index in [4.69, 9.17) is 15.1 Å². The van der Waals surface area contributed by atoms with Crippen molar-refractivity contribution in [1.29, 1.82) is 0 Å². The largest absolute Gasteiger partial charge is 1.00 e. The van der Waals surface area contributed by atoms with Crippen molar-refractivity contribution in [3.63, 3.8) is 0 Å². The van der Waals surface area contributed by atoms with Crippen LogP contribution in [0.2, 0.25) is 0 Å². The van der Waals surface area contributed by atoms with Gasteiger partial charge in [0.25, 0.3) is 0 Å². The van der Waals surface area contributed by atoms with Gasteiger partial charge in [0.1, 0.15) is 0 Å². The molecule has 0 fully saturated rings. The Balaban J connectivity index is -0.0000000511. The Morgan fingerprint density at radius 1 is 1.19 bits per heavy atom. The van der Waals surface area contributed by atoms with Crippen molar-refractivity contribution in [3.05, 3.63) is 12.8 Å². The molecule has 0 saturated heterocycles. The molecular formula is C4H3BF3K3O5. The molecule has 0 atom stereocenters. The average Bonchev–Trinajstić information content (AvgIpc) is 1.84. The third-order valence-electron chi connectivity index (χ3n) is 0.422. The predicted molar refractivity (Wildman–Crippen MR) is 28.1 cm³/mol. The minimum absolute atomic E-state index is 0. The van der Waals surface area contributed by atoms with Crippen LogP contribution < -0.4 is 169 Å². The summed E-state index contributed by atoms with van der Waals surface area (Å²) < 4.78 is 36.7. The number of hydrogen-bond donors (Lipinski definition) is 0. The molecule has 0 aromatic carbocycles. The van der Waals surface area contributed by atoms with E-state index in [0.717, 1.165) is 0 Å². The van der Waals surface area contributed by atoms with E-state index in [2.05, 4.69) is 11.3 Å².